The van der Waals surface area contributed by atoms with E-state index >= 15 is 0 Å². The van der Waals surface area contributed by atoms with E-state index in [1.165, 1.54) is 11.8 Å². The first-order chi connectivity index (χ1) is 11.5. The number of hydrogen-bond donors (Lipinski definition) is 0. The van der Waals surface area contributed by atoms with Crippen molar-refractivity contribution in [3.63, 3.8) is 0 Å². The maximum atomic E-state index is 12.5. The summed E-state index contributed by atoms with van der Waals surface area (Å²) in [6.07, 6.45) is 0. The number of hydrogen-bond acceptors (Lipinski definition) is 6. The number of fused-ring (bicyclic) bond motifs is 1. The minimum absolute atomic E-state index is 0.0136. The van der Waals surface area contributed by atoms with E-state index in [1.807, 2.05) is 45.0 Å². The highest BCUT2D eigenvalue weighted by Gasteiger charge is 2.15. The van der Waals surface area contributed by atoms with Gasteiger partial charge in [-0.2, -0.15) is 4.98 Å². The molecule has 0 N–H and O–H groups in total. The lowest BCUT2D eigenvalue weighted by molar-refractivity contribution is 0.101. The van der Waals surface area contributed by atoms with Crippen LogP contribution >= 0.6 is 11.8 Å². The van der Waals surface area contributed by atoms with Crippen molar-refractivity contribution in [3.8, 4) is 5.75 Å². The topological polar surface area (TPSA) is 69.4 Å². The van der Waals surface area contributed by atoms with Gasteiger partial charge in [0.15, 0.2) is 5.78 Å². The summed E-state index contributed by atoms with van der Waals surface area (Å²) in [5, 5.41) is 4.94. The van der Waals surface area contributed by atoms with Crippen molar-refractivity contribution < 1.29 is 9.53 Å². The molecule has 0 aliphatic heterocycles. The molecule has 0 atom stereocenters. The molecule has 1 aromatic carbocycles. The first kappa shape index (κ1) is 16.4. The van der Waals surface area contributed by atoms with Crippen molar-refractivity contribution in [2.45, 2.75) is 25.9 Å². The molecule has 0 spiro atoms. The quantitative estimate of drug-likeness (QED) is 0.524. The Morgan fingerprint density at radius 1 is 1.21 bits per heavy atom. The molecule has 0 fully saturated rings. The van der Waals surface area contributed by atoms with E-state index in [-0.39, 0.29) is 11.5 Å². The molecular formula is C17H18N4O2S. The number of rotatable bonds is 5. The van der Waals surface area contributed by atoms with Crippen LogP contribution in [0.3, 0.4) is 0 Å². The Morgan fingerprint density at radius 2 is 2.00 bits per heavy atom. The number of aromatic nitrogens is 4. The van der Waals surface area contributed by atoms with E-state index in [0.29, 0.717) is 22.2 Å². The zero-order valence-electron chi connectivity index (χ0n) is 14.0. The number of aryl methyl sites for hydroxylation is 3. The van der Waals surface area contributed by atoms with Gasteiger partial charge >= 0.3 is 0 Å². The highest BCUT2D eigenvalue weighted by molar-refractivity contribution is 7.99. The lowest BCUT2D eigenvalue weighted by atomic mass is 10.1. The first-order valence-electron chi connectivity index (χ1n) is 7.49. The highest BCUT2D eigenvalue weighted by Crippen LogP contribution is 2.23. The largest absolute Gasteiger partial charge is 0.496 e. The number of Topliss-reactive ketones (excluding diaryl/α,β-unsaturated/α-hetero) is 1. The number of ketones is 1. The molecule has 0 saturated carbocycles. The number of carbonyl (C=O) groups is 1. The summed E-state index contributed by atoms with van der Waals surface area (Å²) < 4.78 is 6.96. The molecule has 0 bridgehead atoms. The zero-order chi connectivity index (χ0) is 17.3. The van der Waals surface area contributed by atoms with Crippen LogP contribution in [0.15, 0.2) is 29.4 Å². The third-order valence-corrected chi connectivity index (χ3v) is 4.42. The van der Waals surface area contributed by atoms with Crippen LogP contribution in [0.2, 0.25) is 0 Å². The lowest BCUT2D eigenvalue weighted by Gasteiger charge is -2.07. The van der Waals surface area contributed by atoms with Crippen LogP contribution in [0.5, 0.6) is 5.75 Å². The number of methoxy groups -OCH3 is 1. The average molecular weight is 342 g/mol. The van der Waals surface area contributed by atoms with Crippen LogP contribution in [0, 0.1) is 20.8 Å². The summed E-state index contributed by atoms with van der Waals surface area (Å²) in [7, 11) is 1.56. The maximum absolute atomic E-state index is 12.5. The molecular weight excluding hydrogens is 324 g/mol. The van der Waals surface area contributed by atoms with Gasteiger partial charge in [-0.25, -0.2) is 9.50 Å². The van der Waals surface area contributed by atoms with Crippen molar-refractivity contribution in [1.29, 1.82) is 0 Å². The van der Waals surface area contributed by atoms with Crippen molar-refractivity contribution in [3.05, 3.63) is 46.8 Å². The Hall–Kier alpha value is -2.41. The minimum Gasteiger partial charge on any atom is -0.496 e. The van der Waals surface area contributed by atoms with E-state index in [4.69, 9.17) is 4.74 Å². The van der Waals surface area contributed by atoms with Gasteiger partial charge in [0.25, 0.3) is 5.78 Å². The molecule has 0 unspecified atom stereocenters. The number of benzene rings is 1. The standard InChI is InChI=1S/C17H18N4O2S/c1-10-5-6-15(23-4)13(7-10)14(22)9-24-17-19-16-18-11(2)8-12(3)21(16)20-17/h5-8H,9H2,1-4H3. The molecule has 0 radical (unpaired) electrons. The zero-order valence-corrected chi connectivity index (χ0v) is 14.8. The molecule has 0 saturated heterocycles. The van der Waals surface area contributed by atoms with Gasteiger partial charge in [-0.15, -0.1) is 5.10 Å². The third kappa shape index (κ3) is 3.26. The van der Waals surface area contributed by atoms with Crippen LogP contribution < -0.4 is 4.74 Å². The van der Waals surface area contributed by atoms with Gasteiger partial charge in [0.05, 0.1) is 18.4 Å². The summed E-state index contributed by atoms with van der Waals surface area (Å²) in [6.45, 7) is 5.82. The number of ether oxygens (including phenoxy) is 1. The average Bonchev–Trinajstić information content (AvgIpc) is 2.95. The Bertz CT molecular complexity index is 920. The first-order valence-corrected chi connectivity index (χ1v) is 8.48. The second kappa shape index (κ2) is 6.60. The second-order valence-electron chi connectivity index (χ2n) is 5.56. The fourth-order valence-corrected chi connectivity index (χ4v) is 3.16. The van der Waals surface area contributed by atoms with Gasteiger partial charge < -0.3 is 4.74 Å². The van der Waals surface area contributed by atoms with Gasteiger partial charge in [0.1, 0.15) is 5.75 Å². The molecule has 0 aliphatic carbocycles. The molecule has 0 amide bonds. The van der Waals surface area contributed by atoms with E-state index in [2.05, 4.69) is 15.1 Å². The monoisotopic (exact) mass is 342 g/mol. The highest BCUT2D eigenvalue weighted by atomic mass is 32.2. The summed E-state index contributed by atoms with van der Waals surface area (Å²) in [6, 6.07) is 7.52. The smallest absolute Gasteiger partial charge is 0.253 e. The maximum Gasteiger partial charge on any atom is 0.253 e. The Morgan fingerprint density at radius 3 is 2.75 bits per heavy atom. The molecule has 3 rings (SSSR count). The van der Waals surface area contributed by atoms with Gasteiger partial charge in [0, 0.05) is 11.4 Å². The van der Waals surface area contributed by atoms with Gasteiger partial charge in [-0.05, 0) is 39.0 Å². The summed E-state index contributed by atoms with van der Waals surface area (Å²) >= 11 is 1.30. The normalized spacial score (nSPS) is 11.0. The second-order valence-corrected chi connectivity index (χ2v) is 6.50. The van der Waals surface area contributed by atoms with Crippen LogP contribution in [0.1, 0.15) is 27.3 Å². The van der Waals surface area contributed by atoms with Crippen LogP contribution in [0.25, 0.3) is 5.78 Å². The molecule has 124 valence electrons. The Balaban J connectivity index is 1.80. The summed E-state index contributed by atoms with van der Waals surface area (Å²) in [4.78, 5) is 21.2. The summed E-state index contributed by atoms with van der Waals surface area (Å²) in [5.41, 5.74) is 3.46. The van der Waals surface area contributed by atoms with E-state index in [9.17, 15) is 4.79 Å². The molecule has 24 heavy (non-hydrogen) atoms. The Labute approximate surface area is 144 Å². The SMILES string of the molecule is COc1ccc(C)cc1C(=O)CSc1nc2nc(C)cc(C)n2n1. The van der Waals surface area contributed by atoms with Crippen molar-refractivity contribution in [2.75, 3.05) is 12.9 Å². The van der Waals surface area contributed by atoms with Crippen LogP contribution in [-0.2, 0) is 0 Å². The van der Waals surface area contributed by atoms with Crippen molar-refractivity contribution in [2.24, 2.45) is 0 Å². The van der Waals surface area contributed by atoms with Crippen molar-refractivity contribution in [1.82, 2.24) is 19.6 Å². The van der Waals surface area contributed by atoms with E-state index < -0.39 is 0 Å². The fraction of sp³-hybridized carbons (Fsp3) is 0.294. The Kier molecular flexibility index (Phi) is 4.53. The predicted molar refractivity (Wildman–Crippen MR) is 93.0 cm³/mol. The molecule has 6 nitrogen and oxygen atoms in total. The lowest BCUT2D eigenvalue weighted by Crippen LogP contribution is -2.05. The third-order valence-electron chi connectivity index (χ3n) is 3.59. The van der Waals surface area contributed by atoms with Gasteiger partial charge in [-0.1, -0.05) is 23.4 Å². The number of nitrogens with zero attached hydrogens (tertiary/aromatic N) is 4. The fourth-order valence-electron chi connectivity index (χ4n) is 2.46. The van der Waals surface area contributed by atoms with E-state index in [1.54, 1.807) is 11.6 Å². The van der Waals surface area contributed by atoms with Gasteiger partial charge in [-0.3, -0.25) is 4.79 Å². The van der Waals surface area contributed by atoms with Crippen LogP contribution in [0.4, 0.5) is 0 Å². The molecule has 7 heteroatoms. The van der Waals surface area contributed by atoms with Gasteiger partial charge in [0.2, 0.25) is 5.16 Å². The van der Waals surface area contributed by atoms with Crippen molar-refractivity contribution >= 4 is 23.3 Å². The van der Waals surface area contributed by atoms with Crippen LogP contribution in [-0.4, -0.2) is 38.2 Å². The molecule has 2 aromatic heterocycles. The molecule has 2 heterocycles. The molecule has 0 aliphatic rings. The number of thioether (sulfide) groups is 1. The minimum atomic E-state index is -0.0136. The molecule has 3 aromatic rings. The predicted octanol–water partition coefficient (Wildman–Crippen LogP) is 3.03. The number of carbonyl (C=O) groups excluding carboxylic acids is 1. The summed E-state index contributed by atoms with van der Waals surface area (Å²) in [5.74, 6) is 1.37. The van der Waals surface area contributed by atoms with E-state index in [0.717, 1.165) is 17.0 Å².